The van der Waals surface area contributed by atoms with Crippen LogP contribution in [0.3, 0.4) is 0 Å². The minimum atomic E-state index is -0.209. The summed E-state index contributed by atoms with van der Waals surface area (Å²) in [5.74, 6) is -0.0474. The largest absolute Gasteiger partial charge is 0.350 e. The van der Waals surface area contributed by atoms with Gasteiger partial charge in [-0.3, -0.25) is 9.59 Å². The summed E-state index contributed by atoms with van der Waals surface area (Å²) in [7, 11) is 3.65. The Bertz CT molecular complexity index is 930. The van der Waals surface area contributed by atoms with E-state index in [1.807, 2.05) is 54.2 Å². The molecule has 1 aromatic carbocycles. The first kappa shape index (κ1) is 18.7. The molecule has 2 amide bonds. The van der Waals surface area contributed by atoms with Crippen molar-refractivity contribution < 1.29 is 9.59 Å². The summed E-state index contributed by atoms with van der Waals surface area (Å²) < 4.78 is 1.99. The lowest BCUT2D eigenvalue weighted by molar-refractivity contribution is -0.141. The highest BCUT2D eigenvalue weighted by Gasteiger charge is 2.36. The molecule has 0 N–H and O–H groups in total. The molecule has 146 valence electrons. The zero-order chi connectivity index (χ0) is 19.8. The molecule has 0 spiro atoms. The first-order chi connectivity index (χ1) is 13.4. The van der Waals surface area contributed by atoms with E-state index >= 15 is 0 Å². The normalized spacial score (nSPS) is 18.9. The number of nitrogens with zero attached hydrogens (tertiary/aromatic N) is 4. The molecular weight excluding hydrogens is 376 g/mol. The van der Waals surface area contributed by atoms with Gasteiger partial charge in [0.25, 0.3) is 5.91 Å². The number of hydrogen-bond acceptors (Lipinski definition) is 3. The number of aromatic nitrogens is 1. The van der Waals surface area contributed by atoms with Crippen molar-refractivity contribution in [3.05, 3.63) is 58.9 Å². The maximum absolute atomic E-state index is 13.0. The van der Waals surface area contributed by atoms with Crippen molar-refractivity contribution in [2.75, 3.05) is 13.6 Å². The Morgan fingerprint density at radius 1 is 1.21 bits per heavy atom. The number of aryl methyl sites for hydroxylation is 1. The van der Waals surface area contributed by atoms with Crippen molar-refractivity contribution in [3.63, 3.8) is 0 Å². The fourth-order valence-electron chi connectivity index (χ4n) is 3.60. The molecule has 1 unspecified atom stereocenters. The van der Waals surface area contributed by atoms with Gasteiger partial charge in [0, 0.05) is 37.7 Å². The number of hydrazone groups is 1. The minimum absolute atomic E-state index is 0.0311. The minimum Gasteiger partial charge on any atom is -0.350 e. The first-order valence-electron chi connectivity index (χ1n) is 9.45. The Kier molecular flexibility index (Phi) is 4.98. The standard InChI is InChI=1S/C21H23ClN4O2/c1-24-11-3-4-18(24)17-12-19(14-7-9-16(22)10-8-14)26(23-17)20(27)13-25(2)21(28)15-5-6-15/h3-4,7-11,15,19H,5-6,12-13H2,1-2H3. The van der Waals surface area contributed by atoms with E-state index < -0.39 is 0 Å². The van der Waals surface area contributed by atoms with Crippen LogP contribution >= 0.6 is 11.6 Å². The highest BCUT2D eigenvalue weighted by molar-refractivity contribution is 6.30. The van der Waals surface area contributed by atoms with Crippen LogP contribution in [0.2, 0.25) is 5.02 Å². The van der Waals surface area contributed by atoms with Crippen molar-refractivity contribution in [2.45, 2.75) is 25.3 Å². The molecule has 2 aromatic rings. The third-order valence-electron chi connectivity index (χ3n) is 5.34. The van der Waals surface area contributed by atoms with Crippen LogP contribution in [0.1, 0.15) is 36.6 Å². The second-order valence-electron chi connectivity index (χ2n) is 7.53. The molecule has 2 aliphatic rings. The lowest BCUT2D eigenvalue weighted by Gasteiger charge is -2.25. The van der Waals surface area contributed by atoms with Crippen molar-refractivity contribution in [1.29, 1.82) is 0 Å². The summed E-state index contributed by atoms with van der Waals surface area (Å²) in [5.41, 5.74) is 2.82. The van der Waals surface area contributed by atoms with E-state index in [2.05, 4.69) is 5.10 Å². The Morgan fingerprint density at radius 3 is 2.54 bits per heavy atom. The molecule has 1 saturated carbocycles. The molecule has 28 heavy (non-hydrogen) atoms. The molecule has 4 rings (SSSR count). The van der Waals surface area contributed by atoms with Crippen LogP contribution in [0.5, 0.6) is 0 Å². The zero-order valence-corrected chi connectivity index (χ0v) is 16.8. The average Bonchev–Trinajstić information content (AvgIpc) is 3.29. The predicted molar refractivity (Wildman–Crippen MR) is 108 cm³/mol. The Hall–Kier alpha value is -2.60. The summed E-state index contributed by atoms with van der Waals surface area (Å²) in [6.07, 6.45) is 4.42. The Balaban J connectivity index is 1.59. The average molecular weight is 399 g/mol. The maximum atomic E-state index is 13.0. The number of carbonyl (C=O) groups excluding carboxylic acids is 2. The number of hydrogen-bond donors (Lipinski definition) is 0. The van der Waals surface area contributed by atoms with Crippen LogP contribution in [0.25, 0.3) is 0 Å². The summed E-state index contributed by atoms with van der Waals surface area (Å²) in [4.78, 5) is 26.8. The van der Waals surface area contributed by atoms with Gasteiger partial charge in [-0.15, -0.1) is 0 Å². The van der Waals surface area contributed by atoms with E-state index in [9.17, 15) is 9.59 Å². The van der Waals surface area contributed by atoms with Crippen LogP contribution in [-0.4, -0.2) is 45.6 Å². The van der Waals surface area contributed by atoms with Gasteiger partial charge in [0.05, 0.1) is 17.4 Å². The third kappa shape index (κ3) is 3.69. The quantitative estimate of drug-likeness (QED) is 0.776. The topological polar surface area (TPSA) is 57.9 Å². The van der Waals surface area contributed by atoms with Gasteiger partial charge in [0.1, 0.15) is 6.54 Å². The molecule has 1 aromatic heterocycles. The van der Waals surface area contributed by atoms with Crippen LogP contribution in [0.15, 0.2) is 47.7 Å². The number of amides is 2. The van der Waals surface area contributed by atoms with Crippen molar-refractivity contribution in [3.8, 4) is 0 Å². The fraction of sp³-hybridized carbons (Fsp3) is 0.381. The van der Waals surface area contributed by atoms with Gasteiger partial charge in [-0.1, -0.05) is 23.7 Å². The van der Waals surface area contributed by atoms with E-state index in [1.165, 1.54) is 9.91 Å². The van der Waals surface area contributed by atoms with Crippen LogP contribution in [0.4, 0.5) is 0 Å². The maximum Gasteiger partial charge on any atom is 0.262 e. The van der Waals surface area contributed by atoms with Gasteiger partial charge in [0.2, 0.25) is 5.91 Å². The third-order valence-corrected chi connectivity index (χ3v) is 5.59. The molecule has 1 aliphatic carbocycles. The highest BCUT2D eigenvalue weighted by Crippen LogP contribution is 2.34. The van der Waals surface area contributed by atoms with E-state index in [1.54, 1.807) is 7.05 Å². The molecule has 1 aliphatic heterocycles. The van der Waals surface area contributed by atoms with E-state index in [-0.39, 0.29) is 30.3 Å². The van der Waals surface area contributed by atoms with Crippen LogP contribution < -0.4 is 0 Å². The van der Waals surface area contributed by atoms with E-state index in [4.69, 9.17) is 11.6 Å². The number of benzene rings is 1. The van der Waals surface area contributed by atoms with Crippen LogP contribution in [-0.2, 0) is 16.6 Å². The van der Waals surface area contributed by atoms with Gasteiger partial charge in [-0.25, -0.2) is 5.01 Å². The van der Waals surface area contributed by atoms with Crippen molar-refractivity contribution in [2.24, 2.45) is 18.1 Å². The molecule has 2 heterocycles. The Labute approximate surface area is 169 Å². The second kappa shape index (κ2) is 7.43. The Morgan fingerprint density at radius 2 is 1.93 bits per heavy atom. The molecular formula is C21H23ClN4O2. The molecule has 1 atom stereocenters. The summed E-state index contributed by atoms with van der Waals surface area (Å²) >= 11 is 6.03. The molecule has 0 radical (unpaired) electrons. The van der Waals surface area contributed by atoms with Crippen LogP contribution in [0, 0.1) is 5.92 Å². The van der Waals surface area contributed by atoms with Gasteiger partial charge in [-0.2, -0.15) is 5.10 Å². The smallest absolute Gasteiger partial charge is 0.262 e. The number of halogens is 1. The molecule has 6 nitrogen and oxygen atoms in total. The molecule has 7 heteroatoms. The molecule has 0 saturated heterocycles. The summed E-state index contributed by atoms with van der Waals surface area (Å²) in [5, 5.41) is 6.83. The van der Waals surface area contributed by atoms with E-state index in [0.29, 0.717) is 11.4 Å². The van der Waals surface area contributed by atoms with Gasteiger partial charge >= 0.3 is 0 Å². The van der Waals surface area contributed by atoms with Crippen molar-refractivity contribution in [1.82, 2.24) is 14.5 Å². The summed E-state index contributed by atoms with van der Waals surface area (Å²) in [6, 6.07) is 11.2. The number of likely N-dealkylation sites (N-methyl/N-ethyl adjacent to an activating group) is 1. The lowest BCUT2D eigenvalue weighted by Crippen LogP contribution is -2.39. The molecule has 0 bridgehead atoms. The highest BCUT2D eigenvalue weighted by atomic mass is 35.5. The van der Waals surface area contributed by atoms with Gasteiger partial charge in [0.15, 0.2) is 0 Å². The van der Waals surface area contributed by atoms with Crippen molar-refractivity contribution >= 4 is 29.1 Å². The number of rotatable bonds is 5. The fourth-order valence-corrected chi connectivity index (χ4v) is 3.72. The van der Waals surface area contributed by atoms with Gasteiger partial charge in [-0.05, 0) is 42.7 Å². The first-order valence-corrected chi connectivity index (χ1v) is 9.83. The molecule has 1 fully saturated rings. The van der Waals surface area contributed by atoms with E-state index in [0.717, 1.165) is 29.8 Å². The van der Waals surface area contributed by atoms with Gasteiger partial charge < -0.3 is 9.47 Å². The SMILES string of the molecule is CN(CC(=O)N1N=C(c2cccn2C)CC1c1ccc(Cl)cc1)C(=O)C1CC1. The zero-order valence-electron chi connectivity index (χ0n) is 16.0. The number of carbonyl (C=O) groups is 2. The lowest BCUT2D eigenvalue weighted by atomic mass is 10.0. The predicted octanol–water partition coefficient (Wildman–Crippen LogP) is 3.22. The second-order valence-corrected chi connectivity index (χ2v) is 7.97. The monoisotopic (exact) mass is 398 g/mol. The summed E-state index contributed by atoms with van der Waals surface area (Å²) in [6.45, 7) is 0.0311.